The molecule has 0 aliphatic heterocycles. The molecule has 0 saturated carbocycles. The van der Waals surface area contributed by atoms with Crippen LogP contribution < -0.4 is 21.7 Å². The smallest absolute Gasteiger partial charge is 0.326 e. The molecule has 0 aromatic carbocycles. The van der Waals surface area contributed by atoms with Gasteiger partial charge in [-0.3, -0.25) is 14.4 Å². The highest BCUT2D eigenvalue weighted by molar-refractivity contribution is 5.94. The van der Waals surface area contributed by atoms with Crippen LogP contribution in [-0.4, -0.2) is 64.7 Å². The molecule has 174 valence electrons. The second kappa shape index (κ2) is 13.2. The van der Waals surface area contributed by atoms with Gasteiger partial charge in [0.05, 0.1) is 12.6 Å². The van der Waals surface area contributed by atoms with Crippen LogP contribution >= 0.6 is 0 Å². The molecule has 0 spiro atoms. The molecule has 0 saturated heterocycles. The number of carboxylic acid groups (broad SMARTS) is 1. The minimum Gasteiger partial charge on any atom is -0.480 e. The lowest BCUT2D eigenvalue weighted by Crippen LogP contribution is -2.59. The summed E-state index contributed by atoms with van der Waals surface area (Å²) in [5.74, 6) is -3.58. The summed E-state index contributed by atoms with van der Waals surface area (Å²) in [4.78, 5) is 48.9. The molecule has 5 atom stereocenters. The van der Waals surface area contributed by atoms with E-state index in [1.807, 2.05) is 20.8 Å². The van der Waals surface area contributed by atoms with E-state index in [-0.39, 0.29) is 24.2 Å². The number of carbonyl (C=O) groups excluding carboxylic acids is 3. The van der Waals surface area contributed by atoms with Gasteiger partial charge in [0.15, 0.2) is 0 Å². The monoisotopic (exact) mass is 430 g/mol. The molecule has 3 amide bonds. The summed E-state index contributed by atoms with van der Waals surface area (Å²) >= 11 is 0. The largest absolute Gasteiger partial charge is 0.480 e. The van der Waals surface area contributed by atoms with Crippen molar-refractivity contribution in [1.29, 1.82) is 0 Å². The zero-order valence-corrected chi connectivity index (χ0v) is 18.8. The van der Waals surface area contributed by atoms with Gasteiger partial charge in [-0.2, -0.15) is 0 Å². The van der Waals surface area contributed by atoms with Crippen LogP contribution in [0.3, 0.4) is 0 Å². The van der Waals surface area contributed by atoms with Crippen LogP contribution in [0, 0.1) is 17.8 Å². The quantitative estimate of drug-likeness (QED) is 0.231. The van der Waals surface area contributed by atoms with Crippen molar-refractivity contribution in [3.8, 4) is 0 Å². The average Bonchev–Trinajstić information content (AvgIpc) is 2.66. The summed E-state index contributed by atoms with van der Waals surface area (Å²) in [7, 11) is 0. The number of hydrogen-bond acceptors (Lipinski definition) is 6. The summed E-state index contributed by atoms with van der Waals surface area (Å²) in [5.41, 5.74) is 5.76. The van der Waals surface area contributed by atoms with Gasteiger partial charge in [0.2, 0.25) is 17.7 Å². The number of nitrogens with one attached hydrogen (secondary N) is 3. The zero-order valence-electron chi connectivity index (χ0n) is 18.8. The summed E-state index contributed by atoms with van der Waals surface area (Å²) in [6.07, 6.45) is 0.801. The highest BCUT2D eigenvalue weighted by Gasteiger charge is 2.32. The molecular weight excluding hydrogens is 392 g/mol. The number of hydrogen-bond donors (Lipinski definition) is 6. The summed E-state index contributed by atoms with van der Waals surface area (Å²) in [5, 5.41) is 26.3. The predicted octanol–water partition coefficient (Wildman–Crippen LogP) is -0.407. The molecule has 0 aromatic rings. The Morgan fingerprint density at radius 2 is 1.37 bits per heavy atom. The Morgan fingerprint density at radius 1 is 0.867 bits per heavy atom. The van der Waals surface area contributed by atoms with E-state index in [4.69, 9.17) is 5.73 Å². The number of carboxylic acids is 1. The normalized spacial score (nSPS) is 16.3. The van der Waals surface area contributed by atoms with E-state index >= 15 is 0 Å². The number of aliphatic carboxylic acids is 1. The summed E-state index contributed by atoms with van der Waals surface area (Å²) in [6.45, 7) is 10.0. The highest BCUT2D eigenvalue weighted by Crippen LogP contribution is 2.11. The highest BCUT2D eigenvalue weighted by atomic mass is 16.4. The van der Waals surface area contributed by atoms with Crippen LogP contribution in [0.15, 0.2) is 0 Å². The summed E-state index contributed by atoms with van der Waals surface area (Å²) in [6, 6.07) is -4.25. The molecule has 0 aromatic heterocycles. The summed E-state index contributed by atoms with van der Waals surface area (Å²) < 4.78 is 0. The number of aliphatic hydroxyl groups is 1. The first kappa shape index (κ1) is 27.8. The fraction of sp³-hybridized carbons (Fsp3) is 0.800. The molecule has 10 heteroatoms. The van der Waals surface area contributed by atoms with Gasteiger partial charge in [-0.1, -0.05) is 48.0 Å². The van der Waals surface area contributed by atoms with Gasteiger partial charge in [-0.25, -0.2) is 4.79 Å². The van der Waals surface area contributed by atoms with Crippen molar-refractivity contribution in [3.05, 3.63) is 0 Å². The Morgan fingerprint density at radius 3 is 1.77 bits per heavy atom. The van der Waals surface area contributed by atoms with Crippen LogP contribution in [0.1, 0.15) is 54.4 Å². The molecule has 0 aliphatic rings. The Labute approximate surface area is 178 Å². The van der Waals surface area contributed by atoms with Gasteiger partial charge in [-0.15, -0.1) is 0 Å². The maximum Gasteiger partial charge on any atom is 0.326 e. The van der Waals surface area contributed by atoms with Gasteiger partial charge < -0.3 is 31.9 Å². The van der Waals surface area contributed by atoms with Crippen LogP contribution in [0.4, 0.5) is 0 Å². The van der Waals surface area contributed by atoms with Crippen LogP contribution in [0.2, 0.25) is 0 Å². The molecule has 7 N–H and O–H groups in total. The van der Waals surface area contributed by atoms with Crippen molar-refractivity contribution in [2.45, 2.75) is 78.6 Å². The maximum atomic E-state index is 12.7. The van der Waals surface area contributed by atoms with E-state index in [2.05, 4.69) is 16.0 Å². The third-order valence-electron chi connectivity index (χ3n) is 4.95. The molecule has 10 nitrogen and oxygen atoms in total. The maximum absolute atomic E-state index is 12.7. The number of amides is 3. The molecule has 0 aliphatic carbocycles. The minimum atomic E-state index is -1.28. The first-order chi connectivity index (χ1) is 13.8. The van der Waals surface area contributed by atoms with Crippen LogP contribution in [0.25, 0.3) is 0 Å². The Hall–Kier alpha value is -2.20. The average molecular weight is 431 g/mol. The lowest BCUT2D eigenvalue weighted by molar-refractivity contribution is -0.144. The van der Waals surface area contributed by atoms with Crippen molar-refractivity contribution in [2.75, 3.05) is 6.61 Å². The molecule has 0 bridgehead atoms. The van der Waals surface area contributed by atoms with Gasteiger partial charge in [0.1, 0.15) is 18.1 Å². The minimum absolute atomic E-state index is 0.0180. The molecular formula is C20H38N4O6. The second-order valence-corrected chi connectivity index (χ2v) is 8.41. The first-order valence-electron chi connectivity index (χ1n) is 10.4. The standard InChI is InChI=1S/C20H38N4O6/c1-7-12(6)16(20(29)30)24-17(26)13(8-10(2)3)22-18(27)14(9-25)23-19(28)15(21)11(4)5/h10-16,25H,7-9,21H2,1-6H3,(H,22,27)(H,23,28)(H,24,26)(H,29,30). The SMILES string of the molecule is CCC(C)C(NC(=O)C(CC(C)C)NC(=O)C(CO)NC(=O)C(N)C(C)C)C(=O)O. The van der Waals surface area contributed by atoms with Gasteiger partial charge in [0, 0.05) is 0 Å². The Bertz CT molecular complexity index is 596. The lowest BCUT2D eigenvalue weighted by atomic mass is 9.97. The van der Waals surface area contributed by atoms with Gasteiger partial charge in [0.25, 0.3) is 0 Å². The van der Waals surface area contributed by atoms with Crippen molar-refractivity contribution in [1.82, 2.24) is 16.0 Å². The number of aliphatic hydroxyl groups excluding tert-OH is 1. The van der Waals surface area contributed by atoms with Crippen molar-refractivity contribution < 1.29 is 29.4 Å². The third kappa shape index (κ3) is 9.08. The number of nitrogens with two attached hydrogens (primary N) is 1. The van der Waals surface area contributed by atoms with Crippen LogP contribution in [0.5, 0.6) is 0 Å². The topological polar surface area (TPSA) is 171 Å². The van der Waals surface area contributed by atoms with E-state index in [0.29, 0.717) is 6.42 Å². The number of carbonyl (C=O) groups is 4. The van der Waals surface area contributed by atoms with Crippen molar-refractivity contribution >= 4 is 23.7 Å². The van der Waals surface area contributed by atoms with E-state index in [1.54, 1.807) is 20.8 Å². The fourth-order valence-corrected chi connectivity index (χ4v) is 2.68. The van der Waals surface area contributed by atoms with E-state index in [1.165, 1.54) is 0 Å². The molecule has 0 heterocycles. The van der Waals surface area contributed by atoms with Crippen molar-refractivity contribution in [3.63, 3.8) is 0 Å². The lowest BCUT2D eigenvalue weighted by Gasteiger charge is -2.27. The zero-order chi connectivity index (χ0) is 23.6. The van der Waals surface area contributed by atoms with E-state index in [9.17, 15) is 29.4 Å². The Kier molecular flexibility index (Phi) is 12.2. The first-order valence-corrected chi connectivity index (χ1v) is 10.4. The van der Waals surface area contributed by atoms with E-state index in [0.717, 1.165) is 0 Å². The number of rotatable bonds is 13. The second-order valence-electron chi connectivity index (χ2n) is 8.41. The molecule has 0 rings (SSSR count). The third-order valence-corrected chi connectivity index (χ3v) is 4.95. The molecule has 0 radical (unpaired) electrons. The van der Waals surface area contributed by atoms with E-state index < -0.39 is 54.5 Å². The van der Waals surface area contributed by atoms with Crippen LogP contribution in [-0.2, 0) is 19.2 Å². The Balaban J connectivity index is 5.33. The molecule has 0 fully saturated rings. The molecule has 5 unspecified atom stereocenters. The van der Waals surface area contributed by atoms with Crippen molar-refractivity contribution in [2.24, 2.45) is 23.5 Å². The van der Waals surface area contributed by atoms with Gasteiger partial charge >= 0.3 is 5.97 Å². The molecule has 30 heavy (non-hydrogen) atoms. The van der Waals surface area contributed by atoms with Gasteiger partial charge in [-0.05, 0) is 24.2 Å². The fourth-order valence-electron chi connectivity index (χ4n) is 2.68. The predicted molar refractivity (Wildman–Crippen MR) is 112 cm³/mol.